The average Bonchev–Trinajstić information content (AvgIpc) is 2.60. The van der Waals surface area contributed by atoms with Crippen LogP contribution in [0.5, 0.6) is 0 Å². The van der Waals surface area contributed by atoms with Crippen molar-refractivity contribution in [2.75, 3.05) is 23.4 Å². The van der Waals surface area contributed by atoms with Gasteiger partial charge in [0, 0.05) is 30.9 Å². The lowest BCUT2D eigenvalue weighted by Gasteiger charge is -2.31. The topological polar surface area (TPSA) is 43.8 Å². The van der Waals surface area contributed by atoms with Gasteiger partial charge in [0.2, 0.25) is 0 Å². The number of carbonyl (C=O) groups excluding carboxylic acids is 1. The molecule has 4 nitrogen and oxygen atoms in total. The van der Waals surface area contributed by atoms with Crippen LogP contribution in [-0.2, 0) is 4.79 Å². The number of nitrogens with zero attached hydrogens (tertiary/aromatic N) is 2. The molecule has 0 saturated carbocycles. The molecule has 1 aliphatic rings. The SMILES string of the molecule is CC(C)CN(c1ccc2c(c1)N(C)C(=O)C2O)C(C)C. The molecule has 110 valence electrons. The third kappa shape index (κ3) is 2.52. The van der Waals surface area contributed by atoms with Crippen molar-refractivity contribution in [1.29, 1.82) is 0 Å². The molecule has 1 aliphatic heterocycles. The smallest absolute Gasteiger partial charge is 0.260 e. The summed E-state index contributed by atoms with van der Waals surface area (Å²) in [6.45, 7) is 9.69. The van der Waals surface area contributed by atoms with Crippen molar-refractivity contribution in [2.24, 2.45) is 5.92 Å². The third-order valence-electron chi connectivity index (χ3n) is 3.75. The van der Waals surface area contributed by atoms with Crippen LogP contribution in [0.3, 0.4) is 0 Å². The Bertz CT molecular complexity index is 511. The van der Waals surface area contributed by atoms with Crippen molar-refractivity contribution in [1.82, 2.24) is 0 Å². The van der Waals surface area contributed by atoms with Gasteiger partial charge in [-0.15, -0.1) is 0 Å². The summed E-state index contributed by atoms with van der Waals surface area (Å²) in [4.78, 5) is 15.7. The molecule has 1 aromatic rings. The number of aliphatic hydroxyl groups is 1. The zero-order chi connectivity index (χ0) is 15.0. The number of carbonyl (C=O) groups is 1. The molecule has 0 saturated heterocycles. The number of amides is 1. The normalized spacial score (nSPS) is 18.1. The fourth-order valence-electron chi connectivity index (χ4n) is 2.68. The number of benzene rings is 1. The van der Waals surface area contributed by atoms with Crippen LogP contribution in [0.1, 0.15) is 39.4 Å². The number of anilines is 2. The first-order valence-corrected chi connectivity index (χ1v) is 7.19. The van der Waals surface area contributed by atoms with E-state index in [-0.39, 0.29) is 5.91 Å². The summed E-state index contributed by atoms with van der Waals surface area (Å²) < 4.78 is 0. The Kier molecular flexibility index (Phi) is 4.04. The van der Waals surface area contributed by atoms with Gasteiger partial charge < -0.3 is 14.9 Å². The van der Waals surface area contributed by atoms with Gasteiger partial charge in [-0.25, -0.2) is 0 Å². The second-order valence-corrected chi connectivity index (χ2v) is 6.18. The van der Waals surface area contributed by atoms with Crippen LogP contribution in [0.15, 0.2) is 18.2 Å². The van der Waals surface area contributed by atoms with Crippen molar-refractivity contribution in [3.63, 3.8) is 0 Å². The summed E-state index contributed by atoms with van der Waals surface area (Å²) in [5.74, 6) is 0.313. The Labute approximate surface area is 121 Å². The molecule has 1 heterocycles. The molecule has 0 aliphatic carbocycles. The van der Waals surface area contributed by atoms with E-state index in [4.69, 9.17) is 0 Å². The highest BCUT2D eigenvalue weighted by Crippen LogP contribution is 2.37. The lowest BCUT2D eigenvalue weighted by Crippen LogP contribution is -2.34. The number of likely N-dealkylation sites (N-methyl/N-ethyl adjacent to an activating group) is 1. The van der Waals surface area contributed by atoms with E-state index in [1.165, 1.54) is 4.90 Å². The summed E-state index contributed by atoms with van der Waals surface area (Å²) in [6, 6.07) is 6.26. The lowest BCUT2D eigenvalue weighted by molar-refractivity contribution is -0.125. The fraction of sp³-hybridized carbons (Fsp3) is 0.562. The van der Waals surface area contributed by atoms with Gasteiger partial charge >= 0.3 is 0 Å². The molecule has 4 heteroatoms. The van der Waals surface area contributed by atoms with Gasteiger partial charge in [0.1, 0.15) is 0 Å². The zero-order valence-corrected chi connectivity index (χ0v) is 12.9. The lowest BCUT2D eigenvalue weighted by atomic mass is 10.1. The highest BCUT2D eigenvalue weighted by Gasteiger charge is 2.34. The van der Waals surface area contributed by atoms with E-state index in [2.05, 4.69) is 32.6 Å². The molecule has 1 aromatic carbocycles. The molecule has 0 fully saturated rings. The van der Waals surface area contributed by atoms with Crippen LogP contribution < -0.4 is 9.80 Å². The molecule has 0 bridgehead atoms. The van der Waals surface area contributed by atoms with Crippen LogP contribution in [0.4, 0.5) is 11.4 Å². The maximum Gasteiger partial charge on any atom is 0.260 e. The van der Waals surface area contributed by atoms with Crippen molar-refractivity contribution in [3.8, 4) is 0 Å². The first-order chi connectivity index (χ1) is 9.32. The monoisotopic (exact) mass is 276 g/mol. The van der Waals surface area contributed by atoms with E-state index < -0.39 is 6.10 Å². The Hall–Kier alpha value is -1.55. The largest absolute Gasteiger partial charge is 0.378 e. The predicted octanol–water partition coefficient (Wildman–Crippen LogP) is 2.57. The quantitative estimate of drug-likeness (QED) is 0.919. The van der Waals surface area contributed by atoms with Crippen molar-refractivity contribution in [2.45, 2.75) is 39.8 Å². The minimum atomic E-state index is -1.01. The van der Waals surface area contributed by atoms with Crippen LogP contribution in [0, 0.1) is 5.92 Å². The van der Waals surface area contributed by atoms with Crippen LogP contribution in [0.25, 0.3) is 0 Å². The van der Waals surface area contributed by atoms with Crippen LogP contribution >= 0.6 is 0 Å². The van der Waals surface area contributed by atoms with Gasteiger partial charge in [-0.1, -0.05) is 19.9 Å². The standard InChI is InChI=1S/C16H24N2O2/c1-10(2)9-18(11(3)4)12-6-7-13-14(8-12)17(5)16(20)15(13)19/h6-8,10-11,15,19H,9H2,1-5H3. The van der Waals surface area contributed by atoms with Crippen molar-refractivity contribution < 1.29 is 9.90 Å². The predicted molar refractivity (Wildman–Crippen MR) is 82.1 cm³/mol. The highest BCUT2D eigenvalue weighted by atomic mass is 16.3. The van der Waals surface area contributed by atoms with Crippen molar-refractivity contribution in [3.05, 3.63) is 23.8 Å². The number of fused-ring (bicyclic) bond motifs is 1. The third-order valence-corrected chi connectivity index (χ3v) is 3.75. The number of aliphatic hydroxyl groups excluding tert-OH is 1. The molecular weight excluding hydrogens is 252 g/mol. The van der Waals surface area contributed by atoms with E-state index in [9.17, 15) is 9.90 Å². The Morgan fingerprint density at radius 1 is 1.30 bits per heavy atom. The zero-order valence-electron chi connectivity index (χ0n) is 12.9. The molecule has 1 N–H and O–H groups in total. The van der Waals surface area contributed by atoms with E-state index >= 15 is 0 Å². The Morgan fingerprint density at radius 3 is 2.50 bits per heavy atom. The van der Waals surface area contributed by atoms with E-state index in [0.29, 0.717) is 17.5 Å². The van der Waals surface area contributed by atoms with E-state index in [0.717, 1.165) is 17.9 Å². The van der Waals surface area contributed by atoms with Crippen molar-refractivity contribution >= 4 is 17.3 Å². The molecule has 1 amide bonds. The summed E-state index contributed by atoms with van der Waals surface area (Å²) in [6.07, 6.45) is -1.01. The van der Waals surface area contributed by atoms with Gasteiger partial charge in [0.25, 0.3) is 5.91 Å². The molecule has 2 rings (SSSR count). The van der Waals surface area contributed by atoms with Gasteiger partial charge in [-0.05, 0) is 31.9 Å². The van der Waals surface area contributed by atoms with Gasteiger partial charge in [-0.2, -0.15) is 0 Å². The summed E-state index contributed by atoms with van der Waals surface area (Å²) in [5, 5.41) is 9.90. The number of rotatable bonds is 4. The van der Waals surface area contributed by atoms with Gasteiger partial charge in [-0.3, -0.25) is 4.79 Å². The minimum absolute atomic E-state index is 0.253. The maximum absolute atomic E-state index is 11.8. The molecule has 1 atom stereocenters. The first-order valence-electron chi connectivity index (χ1n) is 7.19. The first kappa shape index (κ1) is 14.9. The minimum Gasteiger partial charge on any atom is -0.378 e. The van der Waals surface area contributed by atoms with E-state index in [1.54, 1.807) is 7.05 Å². The summed E-state index contributed by atoms with van der Waals surface area (Å²) >= 11 is 0. The molecule has 1 unspecified atom stereocenters. The highest BCUT2D eigenvalue weighted by molar-refractivity contribution is 6.03. The van der Waals surface area contributed by atoms with E-state index in [1.807, 2.05) is 18.2 Å². The molecule has 20 heavy (non-hydrogen) atoms. The molecule has 0 radical (unpaired) electrons. The van der Waals surface area contributed by atoms with Crippen LogP contribution in [-0.4, -0.2) is 30.6 Å². The van der Waals surface area contributed by atoms with Crippen LogP contribution in [0.2, 0.25) is 0 Å². The number of hydrogen-bond acceptors (Lipinski definition) is 3. The fourth-order valence-corrected chi connectivity index (χ4v) is 2.68. The maximum atomic E-state index is 11.8. The second-order valence-electron chi connectivity index (χ2n) is 6.18. The van der Waals surface area contributed by atoms with Gasteiger partial charge in [0.05, 0.1) is 5.69 Å². The number of hydrogen-bond donors (Lipinski definition) is 1. The average molecular weight is 276 g/mol. The van der Waals surface area contributed by atoms with Gasteiger partial charge in [0.15, 0.2) is 6.10 Å². The second kappa shape index (κ2) is 5.44. The molecule has 0 spiro atoms. The summed E-state index contributed by atoms with van der Waals surface area (Å²) in [7, 11) is 1.71. The summed E-state index contributed by atoms with van der Waals surface area (Å²) in [5.41, 5.74) is 2.62. The Balaban J connectivity index is 2.38. The Morgan fingerprint density at radius 2 is 1.95 bits per heavy atom. The molecular formula is C16H24N2O2. The molecule has 0 aromatic heterocycles.